The molecule has 18 heavy (non-hydrogen) atoms. The third kappa shape index (κ3) is 5.74. The Labute approximate surface area is 116 Å². The van der Waals surface area contributed by atoms with E-state index in [0.29, 0.717) is 6.04 Å². The standard InChI is InChI=1S/C16H25NS/c1-5-16(4,13-17-14(2)3)11-12-18-15-9-7-6-8-10-15/h5-10,14,17H,1,11-13H2,2-4H3. The lowest BCUT2D eigenvalue weighted by Gasteiger charge is -2.27. The Bertz CT molecular complexity index is 347. The second-order valence-electron chi connectivity index (χ2n) is 5.31. The van der Waals surface area contributed by atoms with Crippen LogP contribution in [0.2, 0.25) is 0 Å². The van der Waals surface area contributed by atoms with Gasteiger partial charge in [-0.05, 0) is 29.7 Å². The first-order valence-corrected chi connectivity index (χ1v) is 7.59. The van der Waals surface area contributed by atoms with Crippen LogP contribution in [0.4, 0.5) is 0 Å². The molecule has 100 valence electrons. The maximum absolute atomic E-state index is 3.99. The molecule has 1 aromatic rings. The van der Waals surface area contributed by atoms with Crippen LogP contribution in [0.25, 0.3) is 0 Å². The summed E-state index contributed by atoms with van der Waals surface area (Å²) in [6.45, 7) is 11.6. The summed E-state index contributed by atoms with van der Waals surface area (Å²) < 4.78 is 0. The van der Waals surface area contributed by atoms with E-state index in [0.717, 1.165) is 18.7 Å². The van der Waals surface area contributed by atoms with E-state index in [4.69, 9.17) is 0 Å². The molecule has 0 aliphatic heterocycles. The predicted molar refractivity (Wildman–Crippen MR) is 83.2 cm³/mol. The quantitative estimate of drug-likeness (QED) is 0.552. The van der Waals surface area contributed by atoms with Crippen molar-refractivity contribution in [2.45, 2.75) is 38.1 Å². The third-order valence-corrected chi connectivity index (χ3v) is 4.11. The molecule has 0 bridgehead atoms. The van der Waals surface area contributed by atoms with Crippen molar-refractivity contribution in [1.29, 1.82) is 0 Å². The van der Waals surface area contributed by atoms with Crippen LogP contribution < -0.4 is 5.32 Å². The fourth-order valence-corrected chi connectivity index (χ4v) is 2.77. The SMILES string of the molecule is C=CC(C)(CCSc1ccccc1)CNC(C)C. The van der Waals surface area contributed by atoms with E-state index >= 15 is 0 Å². The Morgan fingerprint density at radius 3 is 2.56 bits per heavy atom. The van der Waals surface area contributed by atoms with E-state index in [1.54, 1.807) is 0 Å². The van der Waals surface area contributed by atoms with Crippen molar-refractivity contribution < 1.29 is 0 Å². The maximum atomic E-state index is 3.99. The molecule has 0 aliphatic rings. The molecule has 1 N–H and O–H groups in total. The molecule has 2 heteroatoms. The second-order valence-corrected chi connectivity index (χ2v) is 6.47. The van der Waals surface area contributed by atoms with Gasteiger partial charge in [0.05, 0.1) is 0 Å². The van der Waals surface area contributed by atoms with Gasteiger partial charge in [-0.1, -0.05) is 45.0 Å². The van der Waals surface area contributed by atoms with Gasteiger partial charge in [0.1, 0.15) is 0 Å². The molecule has 1 atom stereocenters. The monoisotopic (exact) mass is 263 g/mol. The number of hydrogen-bond acceptors (Lipinski definition) is 2. The zero-order valence-corrected chi connectivity index (χ0v) is 12.6. The van der Waals surface area contributed by atoms with Gasteiger partial charge in [-0.15, -0.1) is 18.3 Å². The molecule has 0 fully saturated rings. The van der Waals surface area contributed by atoms with Crippen molar-refractivity contribution >= 4 is 11.8 Å². The van der Waals surface area contributed by atoms with Gasteiger partial charge in [0.15, 0.2) is 0 Å². The third-order valence-electron chi connectivity index (χ3n) is 3.09. The van der Waals surface area contributed by atoms with Crippen LogP contribution in [-0.2, 0) is 0 Å². The summed E-state index contributed by atoms with van der Waals surface area (Å²) in [7, 11) is 0. The minimum atomic E-state index is 0.187. The van der Waals surface area contributed by atoms with Crippen molar-refractivity contribution in [2.75, 3.05) is 12.3 Å². The molecule has 0 saturated carbocycles. The van der Waals surface area contributed by atoms with Crippen molar-refractivity contribution in [3.63, 3.8) is 0 Å². The molecule has 1 nitrogen and oxygen atoms in total. The lowest BCUT2D eigenvalue weighted by molar-refractivity contribution is 0.367. The fraction of sp³-hybridized carbons (Fsp3) is 0.500. The van der Waals surface area contributed by atoms with Gasteiger partial charge in [-0.2, -0.15) is 0 Å². The first kappa shape index (κ1) is 15.3. The number of thioether (sulfide) groups is 1. The highest BCUT2D eigenvalue weighted by atomic mass is 32.2. The molecule has 0 spiro atoms. The summed E-state index contributed by atoms with van der Waals surface area (Å²) in [5, 5.41) is 3.51. The largest absolute Gasteiger partial charge is 0.314 e. The molecule has 1 aromatic carbocycles. The van der Waals surface area contributed by atoms with Crippen molar-refractivity contribution in [3.05, 3.63) is 43.0 Å². The lowest BCUT2D eigenvalue weighted by atomic mass is 9.87. The zero-order chi connectivity index (χ0) is 13.4. The summed E-state index contributed by atoms with van der Waals surface area (Å²) in [6, 6.07) is 11.1. The summed E-state index contributed by atoms with van der Waals surface area (Å²) in [4.78, 5) is 1.35. The minimum absolute atomic E-state index is 0.187. The van der Waals surface area contributed by atoms with Crippen LogP contribution in [0.5, 0.6) is 0 Å². The Hall–Kier alpha value is -0.730. The van der Waals surface area contributed by atoms with Gasteiger partial charge >= 0.3 is 0 Å². The van der Waals surface area contributed by atoms with Gasteiger partial charge < -0.3 is 5.32 Å². The molecule has 1 rings (SSSR count). The Kier molecular flexibility index (Phi) is 6.51. The van der Waals surface area contributed by atoms with Crippen molar-refractivity contribution in [2.24, 2.45) is 5.41 Å². The number of nitrogens with one attached hydrogen (secondary N) is 1. The fourth-order valence-electron chi connectivity index (χ4n) is 1.62. The van der Waals surface area contributed by atoms with Gasteiger partial charge in [0.2, 0.25) is 0 Å². The summed E-state index contributed by atoms with van der Waals surface area (Å²) in [6.07, 6.45) is 3.24. The average molecular weight is 263 g/mol. The first-order valence-electron chi connectivity index (χ1n) is 6.60. The van der Waals surface area contributed by atoms with Crippen molar-refractivity contribution in [1.82, 2.24) is 5.32 Å². The number of rotatable bonds is 8. The normalized spacial score (nSPS) is 14.4. The van der Waals surface area contributed by atoms with Gasteiger partial charge in [0.25, 0.3) is 0 Å². The highest BCUT2D eigenvalue weighted by Crippen LogP contribution is 2.27. The van der Waals surface area contributed by atoms with E-state index < -0.39 is 0 Å². The summed E-state index contributed by atoms with van der Waals surface area (Å²) in [5.74, 6) is 1.13. The van der Waals surface area contributed by atoms with E-state index in [2.05, 4.69) is 69.1 Å². The average Bonchev–Trinajstić information content (AvgIpc) is 2.38. The van der Waals surface area contributed by atoms with E-state index in [1.165, 1.54) is 4.90 Å². The molecule has 0 aromatic heterocycles. The summed E-state index contributed by atoms with van der Waals surface area (Å²) >= 11 is 1.92. The van der Waals surface area contributed by atoms with Gasteiger partial charge in [0, 0.05) is 17.5 Å². The Morgan fingerprint density at radius 2 is 2.00 bits per heavy atom. The zero-order valence-electron chi connectivity index (χ0n) is 11.8. The minimum Gasteiger partial charge on any atom is -0.314 e. The molecule has 0 aliphatic carbocycles. The molecule has 0 radical (unpaired) electrons. The van der Waals surface area contributed by atoms with E-state index in [-0.39, 0.29) is 5.41 Å². The molecule has 0 amide bonds. The Morgan fingerprint density at radius 1 is 1.33 bits per heavy atom. The van der Waals surface area contributed by atoms with Crippen LogP contribution in [0.15, 0.2) is 47.9 Å². The molecule has 0 saturated heterocycles. The van der Waals surface area contributed by atoms with Crippen LogP contribution in [-0.4, -0.2) is 18.3 Å². The number of hydrogen-bond donors (Lipinski definition) is 1. The molecule has 1 unspecified atom stereocenters. The van der Waals surface area contributed by atoms with Crippen molar-refractivity contribution in [3.8, 4) is 0 Å². The Balaban J connectivity index is 2.37. The highest BCUT2D eigenvalue weighted by Gasteiger charge is 2.19. The first-order chi connectivity index (χ1) is 8.56. The lowest BCUT2D eigenvalue weighted by Crippen LogP contribution is -2.34. The van der Waals surface area contributed by atoms with E-state index in [1.807, 2.05) is 11.8 Å². The van der Waals surface area contributed by atoms with Crippen LogP contribution >= 0.6 is 11.8 Å². The van der Waals surface area contributed by atoms with Gasteiger partial charge in [-0.25, -0.2) is 0 Å². The molecule has 0 heterocycles. The number of benzene rings is 1. The second kappa shape index (κ2) is 7.65. The smallest absolute Gasteiger partial charge is 0.00719 e. The molecular formula is C16H25NS. The molecular weight excluding hydrogens is 238 g/mol. The van der Waals surface area contributed by atoms with E-state index in [9.17, 15) is 0 Å². The summed E-state index contributed by atoms with van der Waals surface area (Å²) in [5.41, 5.74) is 0.187. The predicted octanol–water partition coefficient (Wildman–Crippen LogP) is 4.36. The van der Waals surface area contributed by atoms with Gasteiger partial charge in [-0.3, -0.25) is 0 Å². The van der Waals surface area contributed by atoms with Crippen LogP contribution in [0.3, 0.4) is 0 Å². The van der Waals surface area contributed by atoms with Crippen LogP contribution in [0, 0.1) is 5.41 Å². The van der Waals surface area contributed by atoms with Crippen LogP contribution in [0.1, 0.15) is 27.2 Å². The highest BCUT2D eigenvalue weighted by molar-refractivity contribution is 7.99. The maximum Gasteiger partial charge on any atom is 0.00719 e. The topological polar surface area (TPSA) is 12.0 Å².